The molecule has 30 heavy (non-hydrogen) atoms. The standard InChI is InChI=1S/C23H33N3O3S/c27-22(16-24-23-13-19-10-20(14-23)12-21(11-19)15-23)25-6-8-26(9-7-25)30(28,29)17-18-4-2-1-3-5-18/h1-5,19-21,24H,6-17H2/p+1. The van der Waals surface area contributed by atoms with Crippen LogP contribution in [0.3, 0.4) is 0 Å². The maximum absolute atomic E-state index is 12.9. The molecule has 1 amide bonds. The molecule has 0 spiro atoms. The fourth-order valence-corrected chi connectivity index (χ4v) is 8.47. The minimum Gasteiger partial charge on any atom is -0.335 e. The highest BCUT2D eigenvalue weighted by Crippen LogP contribution is 2.54. The SMILES string of the molecule is O=C(C[NH2+]C12CC3CC(CC(C3)C1)C2)N1CCN(S(=O)(=O)Cc2ccccc2)CC1. The first-order valence-corrected chi connectivity index (χ1v) is 13.2. The van der Waals surface area contributed by atoms with Gasteiger partial charge in [0.05, 0.1) is 11.3 Å². The molecule has 5 fully saturated rings. The average molecular weight is 433 g/mol. The second-order valence-corrected chi connectivity index (χ2v) is 12.2. The number of benzene rings is 1. The molecule has 1 heterocycles. The Hall–Kier alpha value is -1.44. The van der Waals surface area contributed by atoms with Crippen LogP contribution in [-0.4, -0.2) is 61.8 Å². The second kappa shape index (κ2) is 7.92. The van der Waals surface area contributed by atoms with E-state index in [0.717, 1.165) is 23.3 Å². The molecule has 0 unspecified atom stereocenters. The van der Waals surface area contributed by atoms with E-state index in [-0.39, 0.29) is 11.7 Å². The lowest BCUT2D eigenvalue weighted by atomic mass is 9.53. The van der Waals surface area contributed by atoms with Gasteiger partial charge in [-0.15, -0.1) is 0 Å². The van der Waals surface area contributed by atoms with Gasteiger partial charge in [-0.25, -0.2) is 8.42 Å². The molecular formula is C23H34N3O3S+. The van der Waals surface area contributed by atoms with Crippen LogP contribution in [0.1, 0.15) is 44.1 Å². The number of piperazine rings is 1. The van der Waals surface area contributed by atoms with Gasteiger partial charge in [0, 0.05) is 45.4 Å². The molecule has 1 aliphatic heterocycles. The number of amides is 1. The summed E-state index contributed by atoms with van der Waals surface area (Å²) in [7, 11) is -3.34. The molecular weight excluding hydrogens is 398 g/mol. The lowest BCUT2D eigenvalue weighted by Crippen LogP contribution is -3.00. The third-order valence-electron chi connectivity index (χ3n) is 7.97. The van der Waals surface area contributed by atoms with E-state index in [4.69, 9.17) is 0 Å². The lowest BCUT2D eigenvalue weighted by Gasteiger charge is -2.54. The van der Waals surface area contributed by atoms with Gasteiger partial charge in [0.1, 0.15) is 0 Å². The molecule has 164 valence electrons. The first-order chi connectivity index (χ1) is 14.4. The van der Waals surface area contributed by atoms with Gasteiger partial charge in [-0.05, 0) is 42.6 Å². The number of nitrogens with zero attached hydrogens (tertiary/aromatic N) is 2. The molecule has 0 aromatic heterocycles. The molecule has 0 atom stereocenters. The zero-order valence-corrected chi connectivity index (χ0v) is 18.5. The Morgan fingerprint density at radius 1 is 0.933 bits per heavy atom. The third kappa shape index (κ3) is 4.16. The van der Waals surface area contributed by atoms with Crippen molar-refractivity contribution in [1.82, 2.24) is 9.21 Å². The molecule has 1 aromatic rings. The summed E-state index contributed by atoms with van der Waals surface area (Å²) in [6.45, 7) is 2.32. The monoisotopic (exact) mass is 432 g/mol. The number of quaternary nitrogens is 1. The first kappa shape index (κ1) is 20.5. The van der Waals surface area contributed by atoms with Crippen LogP contribution in [0.4, 0.5) is 0 Å². The molecule has 2 N–H and O–H groups in total. The number of hydrogen-bond donors (Lipinski definition) is 1. The smallest absolute Gasteiger partial charge is 0.277 e. The van der Waals surface area contributed by atoms with Gasteiger partial charge in [0.15, 0.2) is 6.54 Å². The average Bonchev–Trinajstić information content (AvgIpc) is 2.72. The molecule has 0 radical (unpaired) electrons. The lowest BCUT2D eigenvalue weighted by molar-refractivity contribution is -0.730. The fraction of sp³-hybridized carbons (Fsp3) is 0.696. The van der Waals surface area contributed by atoms with Crippen LogP contribution in [-0.2, 0) is 20.6 Å². The number of hydrogen-bond acceptors (Lipinski definition) is 3. The summed E-state index contributed by atoms with van der Waals surface area (Å²) in [6, 6.07) is 9.31. The van der Waals surface area contributed by atoms with Crippen LogP contribution < -0.4 is 5.32 Å². The Kier molecular flexibility index (Phi) is 5.40. The maximum Gasteiger partial charge on any atom is 0.277 e. The van der Waals surface area contributed by atoms with E-state index in [0.29, 0.717) is 38.3 Å². The Balaban J connectivity index is 1.12. The Morgan fingerprint density at radius 2 is 1.50 bits per heavy atom. The highest BCUT2D eigenvalue weighted by atomic mass is 32.2. The van der Waals surface area contributed by atoms with Crippen LogP contribution >= 0.6 is 0 Å². The normalized spacial score (nSPS) is 33.7. The van der Waals surface area contributed by atoms with E-state index in [1.165, 1.54) is 38.5 Å². The van der Waals surface area contributed by atoms with E-state index < -0.39 is 10.0 Å². The molecule has 1 saturated heterocycles. The first-order valence-electron chi connectivity index (χ1n) is 11.5. The van der Waals surface area contributed by atoms with Crippen LogP contribution in [0, 0.1) is 17.8 Å². The quantitative estimate of drug-likeness (QED) is 0.734. The summed E-state index contributed by atoms with van der Waals surface area (Å²) in [6.07, 6.45) is 8.12. The van der Waals surface area contributed by atoms with Crippen molar-refractivity contribution in [3.8, 4) is 0 Å². The van der Waals surface area contributed by atoms with E-state index in [1.807, 2.05) is 35.2 Å². The molecule has 6 nitrogen and oxygen atoms in total. The largest absolute Gasteiger partial charge is 0.335 e. The van der Waals surface area contributed by atoms with Gasteiger partial charge in [-0.2, -0.15) is 4.31 Å². The highest BCUT2D eigenvalue weighted by molar-refractivity contribution is 7.88. The predicted octanol–water partition coefficient (Wildman–Crippen LogP) is 1.19. The van der Waals surface area contributed by atoms with E-state index in [1.54, 1.807) is 4.31 Å². The number of sulfonamides is 1. The molecule has 7 heteroatoms. The van der Waals surface area contributed by atoms with Gasteiger partial charge in [0.25, 0.3) is 5.91 Å². The van der Waals surface area contributed by atoms with Gasteiger partial charge in [-0.3, -0.25) is 4.79 Å². The summed E-state index contributed by atoms with van der Waals surface area (Å²) in [5.41, 5.74) is 1.12. The zero-order valence-electron chi connectivity index (χ0n) is 17.7. The highest BCUT2D eigenvalue weighted by Gasteiger charge is 2.53. The van der Waals surface area contributed by atoms with Crippen molar-refractivity contribution in [2.45, 2.75) is 49.8 Å². The molecule has 4 bridgehead atoms. The fourth-order valence-electron chi connectivity index (χ4n) is 6.95. The van der Waals surface area contributed by atoms with Crippen molar-refractivity contribution in [2.75, 3.05) is 32.7 Å². The third-order valence-corrected chi connectivity index (χ3v) is 9.82. The Bertz CT molecular complexity index is 843. The van der Waals surface area contributed by atoms with Crippen LogP contribution in [0.5, 0.6) is 0 Å². The molecule has 6 rings (SSSR count). The van der Waals surface area contributed by atoms with Gasteiger partial charge in [-0.1, -0.05) is 30.3 Å². The number of carbonyl (C=O) groups excluding carboxylic acids is 1. The van der Waals surface area contributed by atoms with Crippen LogP contribution in [0.2, 0.25) is 0 Å². The summed E-state index contributed by atoms with van der Waals surface area (Å²) in [5, 5.41) is 2.36. The second-order valence-electron chi connectivity index (χ2n) is 10.2. The maximum atomic E-state index is 12.9. The van der Waals surface area contributed by atoms with E-state index in [9.17, 15) is 13.2 Å². The summed E-state index contributed by atoms with van der Waals surface area (Å²) >= 11 is 0. The van der Waals surface area contributed by atoms with Crippen molar-refractivity contribution >= 4 is 15.9 Å². The number of carbonyl (C=O) groups is 1. The minimum atomic E-state index is -3.34. The summed E-state index contributed by atoms with van der Waals surface area (Å²) < 4.78 is 27.0. The Morgan fingerprint density at radius 3 is 2.07 bits per heavy atom. The number of nitrogens with two attached hydrogens (primary N) is 1. The van der Waals surface area contributed by atoms with Crippen LogP contribution in [0.25, 0.3) is 0 Å². The van der Waals surface area contributed by atoms with Gasteiger partial charge in [0.2, 0.25) is 10.0 Å². The molecule has 1 aromatic carbocycles. The van der Waals surface area contributed by atoms with E-state index >= 15 is 0 Å². The molecule has 4 saturated carbocycles. The Labute approximate surface area is 180 Å². The van der Waals surface area contributed by atoms with Gasteiger partial charge < -0.3 is 10.2 Å². The van der Waals surface area contributed by atoms with Crippen molar-refractivity contribution in [3.05, 3.63) is 35.9 Å². The summed E-state index contributed by atoms with van der Waals surface area (Å²) in [4.78, 5) is 14.7. The van der Waals surface area contributed by atoms with E-state index in [2.05, 4.69) is 5.32 Å². The van der Waals surface area contributed by atoms with Gasteiger partial charge >= 0.3 is 0 Å². The van der Waals surface area contributed by atoms with Crippen molar-refractivity contribution < 1.29 is 18.5 Å². The molecule has 5 aliphatic rings. The molecule has 4 aliphatic carbocycles. The minimum absolute atomic E-state index is 0.0293. The zero-order chi connectivity index (χ0) is 20.8. The topological polar surface area (TPSA) is 74.3 Å². The number of rotatable bonds is 6. The van der Waals surface area contributed by atoms with Crippen molar-refractivity contribution in [3.63, 3.8) is 0 Å². The van der Waals surface area contributed by atoms with Crippen molar-refractivity contribution in [1.29, 1.82) is 0 Å². The van der Waals surface area contributed by atoms with Crippen molar-refractivity contribution in [2.24, 2.45) is 17.8 Å². The van der Waals surface area contributed by atoms with Crippen LogP contribution in [0.15, 0.2) is 30.3 Å². The summed E-state index contributed by atoms with van der Waals surface area (Å²) in [5.74, 6) is 2.87. The predicted molar refractivity (Wildman–Crippen MR) is 115 cm³/mol.